The maximum absolute atomic E-state index is 12.2. The van der Waals surface area contributed by atoms with E-state index in [0.29, 0.717) is 17.3 Å². The molecule has 0 spiro atoms. The normalized spacial score (nSPS) is 17.4. The van der Waals surface area contributed by atoms with Gasteiger partial charge in [-0.25, -0.2) is 0 Å². The number of halogens is 1. The third-order valence-corrected chi connectivity index (χ3v) is 4.24. The number of carbonyl (C=O) groups excluding carboxylic acids is 1. The first-order valence-electron chi connectivity index (χ1n) is 7.44. The molecule has 0 bridgehead atoms. The number of hydrogen-bond acceptors (Lipinski definition) is 5. The van der Waals surface area contributed by atoms with E-state index >= 15 is 0 Å². The van der Waals surface area contributed by atoms with Crippen LogP contribution in [-0.4, -0.2) is 40.2 Å². The van der Waals surface area contributed by atoms with E-state index in [0.717, 1.165) is 25.0 Å². The number of carbonyl (C=O) groups is 1. The van der Waals surface area contributed by atoms with Crippen LogP contribution in [0.2, 0.25) is 5.02 Å². The summed E-state index contributed by atoms with van der Waals surface area (Å²) >= 11 is 6.11. The summed E-state index contributed by atoms with van der Waals surface area (Å²) in [5.74, 6) is -0.183. The summed E-state index contributed by atoms with van der Waals surface area (Å²) in [6.07, 6.45) is 2.03. The number of nitrogen functional groups attached to an aromatic ring is 1. The highest BCUT2D eigenvalue weighted by Crippen LogP contribution is 2.21. The molecule has 23 heavy (non-hydrogen) atoms. The molecule has 1 saturated heterocycles. The largest absolute Gasteiger partial charge is 0.382 e. The lowest BCUT2D eigenvalue weighted by molar-refractivity contribution is 0.0854. The Kier molecular flexibility index (Phi) is 4.49. The van der Waals surface area contributed by atoms with Crippen molar-refractivity contribution in [3.8, 4) is 5.69 Å². The average Bonchev–Trinajstić information content (AvgIpc) is 3.17. The van der Waals surface area contributed by atoms with Gasteiger partial charge in [0, 0.05) is 18.2 Å². The van der Waals surface area contributed by atoms with E-state index in [9.17, 15) is 4.79 Å². The van der Waals surface area contributed by atoms with Crippen LogP contribution < -0.4 is 11.1 Å². The van der Waals surface area contributed by atoms with Crippen molar-refractivity contribution in [1.29, 1.82) is 0 Å². The summed E-state index contributed by atoms with van der Waals surface area (Å²) in [7, 11) is 0. The minimum Gasteiger partial charge on any atom is -0.382 e. The lowest BCUT2D eigenvalue weighted by atomic mass is 10.2. The minimum atomic E-state index is -0.359. The van der Waals surface area contributed by atoms with Gasteiger partial charge in [-0.3, -0.25) is 4.79 Å². The van der Waals surface area contributed by atoms with Crippen LogP contribution in [0.3, 0.4) is 0 Å². The molecule has 0 aliphatic carbocycles. The molecule has 1 fully saturated rings. The van der Waals surface area contributed by atoms with Crippen molar-refractivity contribution < 1.29 is 9.53 Å². The molecular formula is C15H18ClN5O2. The molecule has 1 unspecified atom stereocenters. The zero-order chi connectivity index (χ0) is 16.4. The molecule has 8 heteroatoms. The standard InChI is InChI=1S/C15H18ClN5O2/c1-9-4-5-10(7-12(9)16)21-14(17)13(19-20-21)15(22)18-8-11-3-2-6-23-11/h4-5,7,11H,2-3,6,8,17H2,1H3,(H,18,22). The Morgan fingerprint density at radius 2 is 2.39 bits per heavy atom. The molecule has 1 aromatic carbocycles. The summed E-state index contributed by atoms with van der Waals surface area (Å²) in [6.45, 7) is 3.09. The molecule has 2 aromatic rings. The van der Waals surface area contributed by atoms with Gasteiger partial charge in [0.05, 0.1) is 11.8 Å². The third kappa shape index (κ3) is 3.30. The Hall–Kier alpha value is -2.12. The van der Waals surface area contributed by atoms with Gasteiger partial charge in [0.1, 0.15) is 0 Å². The van der Waals surface area contributed by atoms with Gasteiger partial charge >= 0.3 is 0 Å². The van der Waals surface area contributed by atoms with Gasteiger partial charge < -0.3 is 15.8 Å². The van der Waals surface area contributed by atoms with Crippen LogP contribution in [0.5, 0.6) is 0 Å². The lowest BCUT2D eigenvalue weighted by Crippen LogP contribution is -2.32. The molecular weight excluding hydrogens is 318 g/mol. The van der Waals surface area contributed by atoms with Gasteiger partial charge in [0.15, 0.2) is 11.5 Å². The van der Waals surface area contributed by atoms with Gasteiger partial charge in [-0.2, -0.15) is 4.68 Å². The predicted octanol–water partition coefficient (Wildman–Crippen LogP) is 1.72. The number of rotatable bonds is 4. The fraction of sp³-hybridized carbons (Fsp3) is 0.400. The number of anilines is 1. The topological polar surface area (TPSA) is 95.1 Å². The molecule has 1 amide bonds. The number of aryl methyl sites for hydroxylation is 1. The number of nitrogens with one attached hydrogen (secondary N) is 1. The van der Waals surface area contributed by atoms with Gasteiger partial charge in [-0.05, 0) is 37.5 Å². The highest BCUT2D eigenvalue weighted by atomic mass is 35.5. The Bertz CT molecular complexity index is 725. The smallest absolute Gasteiger partial charge is 0.275 e. The van der Waals surface area contributed by atoms with Crippen LogP contribution in [0, 0.1) is 6.92 Å². The summed E-state index contributed by atoms with van der Waals surface area (Å²) in [5, 5.41) is 11.2. The van der Waals surface area contributed by atoms with Crippen LogP contribution in [0.25, 0.3) is 5.69 Å². The van der Waals surface area contributed by atoms with Crippen LogP contribution in [0.1, 0.15) is 28.9 Å². The quantitative estimate of drug-likeness (QED) is 0.887. The Balaban J connectivity index is 1.75. The van der Waals surface area contributed by atoms with Crippen molar-refractivity contribution >= 4 is 23.3 Å². The van der Waals surface area contributed by atoms with Crippen molar-refractivity contribution in [3.63, 3.8) is 0 Å². The zero-order valence-corrected chi connectivity index (χ0v) is 13.5. The SMILES string of the molecule is Cc1ccc(-n2nnc(C(=O)NCC3CCCO3)c2N)cc1Cl. The van der Waals surface area contributed by atoms with Crippen LogP contribution in [0.4, 0.5) is 5.82 Å². The number of nitrogens with zero attached hydrogens (tertiary/aromatic N) is 3. The van der Waals surface area contributed by atoms with E-state index in [4.69, 9.17) is 22.1 Å². The van der Waals surface area contributed by atoms with Gasteiger partial charge in [-0.15, -0.1) is 5.10 Å². The number of aromatic nitrogens is 3. The molecule has 122 valence electrons. The summed E-state index contributed by atoms with van der Waals surface area (Å²) < 4.78 is 6.86. The number of amides is 1. The summed E-state index contributed by atoms with van der Waals surface area (Å²) in [4.78, 5) is 12.2. The van der Waals surface area contributed by atoms with E-state index in [1.165, 1.54) is 4.68 Å². The van der Waals surface area contributed by atoms with E-state index in [2.05, 4.69) is 15.6 Å². The zero-order valence-electron chi connectivity index (χ0n) is 12.8. The van der Waals surface area contributed by atoms with E-state index in [-0.39, 0.29) is 23.5 Å². The van der Waals surface area contributed by atoms with E-state index in [1.807, 2.05) is 19.1 Å². The minimum absolute atomic E-state index is 0.0612. The van der Waals surface area contributed by atoms with E-state index in [1.54, 1.807) is 6.07 Å². The predicted molar refractivity (Wildman–Crippen MR) is 86.8 cm³/mol. The van der Waals surface area contributed by atoms with Crippen molar-refractivity contribution in [2.75, 3.05) is 18.9 Å². The van der Waals surface area contributed by atoms with Crippen molar-refractivity contribution in [2.45, 2.75) is 25.9 Å². The molecule has 3 N–H and O–H groups in total. The van der Waals surface area contributed by atoms with Gasteiger partial charge in [0.25, 0.3) is 5.91 Å². The fourth-order valence-corrected chi connectivity index (χ4v) is 2.63. The first-order valence-corrected chi connectivity index (χ1v) is 7.81. The first kappa shape index (κ1) is 15.8. The van der Waals surface area contributed by atoms with Crippen molar-refractivity contribution in [1.82, 2.24) is 20.3 Å². The van der Waals surface area contributed by atoms with Gasteiger partial charge in [0.2, 0.25) is 0 Å². The Labute approximate surface area is 138 Å². The molecule has 0 saturated carbocycles. The number of hydrogen-bond donors (Lipinski definition) is 2. The Morgan fingerprint density at radius 3 is 3.09 bits per heavy atom. The fourth-order valence-electron chi connectivity index (χ4n) is 2.45. The second-order valence-corrected chi connectivity index (χ2v) is 5.92. The number of benzene rings is 1. The number of ether oxygens (including phenoxy) is 1. The van der Waals surface area contributed by atoms with Crippen LogP contribution >= 0.6 is 11.6 Å². The Morgan fingerprint density at radius 1 is 1.57 bits per heavy atom. The summed E-state index contributed by atoms with van der Waals surface area (Å²) in [6, 6.07) is 5.41. The van der Waals surface area contributed by atoms with Crippen molar-refractivity contribution in [2.24, 2.45) is 0 Å². The van der Waals surface area contributed by atoms with Crippen LogP contribution in [0.15, 0.2) is 18.2 Å². The second-order valence-electron chi connectivity index (χ2n) is 5.51. The lowest BCUT2D eigenvalue weighted by Gasteiger charge is -2.10. The molecule has 2 heterocycles. The summed E-state index contributed by atoms with van der Waals surface area (Å²) in [5.41, 5.74) is 7.71. The maximum Gasteiger partial charge on any atom is 0.275 e. The molecule has 0 radical (unpaired) electrons. The molecule has 3 rings (SSSR count). The monoisotopic (exact) mass is 335 g/mol. The second kappa shape index (κ2) is 6.55. The molecule has 1 atom stereocenters. The molecule has 1 aliphatic rings. The highest BCUT2D eigenvalue weighted by Gasteiger charge is 2.21. The molecule has 1 aliphatic heterocycles. The van der Waals surface area contributed by atoms with Crippen molar-refractivity contribution in [3.05, 3.63) is 34.5 Å². The third-order valence-electron chi connectivity index (χ3n) is 3.83. The van der Waals surface area contributed by atoms with Crippen LogP contribution in [-0.2, 0) is 4.74 Å². The molecule has 1 aromatic heterocycles. The molecule has 7 nitrogen and oxygen atoms in total. The average molecular weight is 336 g/mol. The number of nitrogens with two attached hydrogens (primary N) is 1. The first-order chi connectivity index (χ1) is 11.1. The highest BCUT2D eigenvalue weighted by molar-refractivity contribution is 6.31. The van der Waals surface area contributed by atoms with Gasteiger partial charge in [-0.1, -0.05) is 22.9 Å². The van der Waals surface area contributed by atoms with E-state index < -0.39 is 0 Å². The maximum atomic E-state index is 12.2.